The number of carbonyl (C=O) groups excluding carboxylic acids is 2. The summed E-state index contributed by atoms with van der Waals surface area (Å²) in [5.74, 6) is -0.658. The van der Waals surface area contributed by atoms with Crippen LogP contribution in [-0.2, 0) is 20.7 Å². The van der Waals surface area contributed by atoms with Crippen LogP contribution in [0, 0.1) is 5.41 Å². The van der Waals surface area contributed by atoms with Crippen molar-refractivity contribution in [1.29, 1.82) is 0 Å². The molecule has 168 valence electrons. The van der Waals surface area contributed by atoms with Gasteiger partial charge in [-0.05, 0) is 26.3 Å². The number of carbonyl (C=O) groups is 2. The Morgan fingerprint density at radius 2 is 1.53 bits per heavy atom. The number of nitrogens with zero attached hydrogens (tertiary/aromatic N) is 1. The topological polar surface area (TPSA) is 68.3 Å². The third-order valence-corrected chi connectivity index (χ3v) is 5.76. The maximum Gasteiger partial charge on any atom is 0.307 e. The molecule has 0 saturated heterocycles. The van der Waals surface area contributed by atoms with E-state index in [2.05, 4.69) is 17.4 Å². The fraction of sp³-hybridized carbons (Fsp3) is 0.346. The maximum absolute atomic E-state index is 13.0. The van der Waals surface area contributed by atoms with E-state index in [1.54, 1.807) is 13.8 Å². The first kappa shape index (κ1) is 23.7. The first-order chi connectivity index (χ1) is 15.0. The van der Waals surface area contributed by atoms with Gasteiger partial charge in [0.15, 0.2) is 5.13 Å². The van der Waals surface area contributed by atoms with Crippen molar-refractivity contribution in [2.75, 3.05) is 5.32 Å². The zero-order valence-corrected chi connectivity index (χ0v) is 20.1. The first-order valence-electron chi connectivity index (χ1n) is 10.7. The Bertz CT molecular complexity index is 1070. The molecular formula is C26H30N2O3S. The van der Waals surface area contributed by atoms with Crippen LogP contribution in [0.3, 0.4) is 0 Å². The van der Waals surface area contributed by atoms with Gasteiger partial charge in [-0.15, -0.1) is 11.3 Å². The van der Waals surface area contributed by atoms with E-state index in [9.17, 15) is 9.59 Å². The summed E-state index contributed by atoms with van der Waals surface area (Å²) in [6.07, 6.45) is 0.712. The molecule has 0 atom stereocenters. The van der Waals surface area contributed by atoms with Crippen molar-refractivity contribution in [2.45, 2.75) is 53.1 Å². The van der Waals surface area contributed by atoms with Gasteiger partial charge in [-0.2, -0.15) is 0 Å². The molecule has 3 rings (SSSR count). The minimum atomic E-state index is -0.930. The van der Waals surface area contributed by atoms with Crippen LogP contribution in [0.1, 0.15) is 51.5 Å². The van der Waals surface area contributed by atoms with Crippen LogP contribution in [0.5, 0.6) is 0 Å². The highest BCUT2D eigenvalue weighted by Crippen LogP contribution is 2.34. The number of amides is 1. The molecule has 5 nitrogen and oxygen atoms in total. The molecule has 3 aromatic rings. The number of hydrogen-bond acceptors (Lipinski definition) is 5. The van der Waals surface area contributed by atoms with Crippen molar-refractivity contribution in [2.24, 2.45) is 5.41 Å². The van der Waals surface area contributed by atoms with Gasteiger partial charge in [-0.3, -0.25) is 9.59 Å². The lowest BCUT2D eigenvalue weighted by atomic mass is 9.88. The lowest BCUT2D eigenvalue weighted by molar-refractivity contribution is -0.158. The van der Waals surface area contributed by atoms with Gasteiger partial charge in [0.1, 0.15) is 5.60 Å². The van der Waals surface area contributed by atoms with Gasteiger partial charge in [-0.1, -0.05) is 74.5 Å². The summed E-state index contributed by atoms with van der Waals surface area (Å²) in [7, 11) is 0. The van der Waals surface area contributed by atoms with Gasteiger partial charge < -0.3 is 10.1 Å². The molecule has 2 aromatic carbocycles. The number of hydrogen-bond donors (Lipinski definition) is 1. The lowest BCUT2D eigenvalue weighted by Gasteiger charge is -2.25. The molecule has 0 aliphatic carbocycles. The Hall–Kier alpha value is -2.99. The van der Waals surface area contributed by atoms with E-state index < -0.39 is 17.0 Å². The molecular weight excluding hydrogens is 420 g/mol. The van der Waals surface area contributed by atoms with Crippen molar-refractivity contribution < 1.29 is 14.3 Å². The average Bonchev–Trinajstić information content (AvgIpc) is 3.09. The molecule has 0 saturated carbocycles. The zero-order chi connectivity index (χ0) is 23.4. The number of aromatic nitrogens is 1. The first-order valence-corrected chi connectivity index (χ1v) is 11.5. The molecule has 1 aromatic heterocycles. The summed E-state index contributed by atoms with van der Waals surface area (Å²) < 4.78 is 5.39. The Morgan fingerprint density at radius 1 is 0.938 bits per heavy atom. The lowest BCUT2D eigenvalue weighted by Crippen LogP contribution is -2.35. The second-order valence-corrected chi connectivity index (χ2v) is 10.5. The fourth-order valence-corrected chi connectivity index (χ4v) is 4.23. The Morgan fingerprint density at radius 3 is 2.12 bits per heavy atom. The van der Waals surface area contributed by atoms with E-state index >= 15 is 0 Å². The second-order valence-electron chi connectivity index (χ2n) is 9.42. The average molecular weight is 451 g/mol. The molecule has 0 fully saturated rings. The van der Waals surface area contributed by atoms with E-state index in [4.69, 9.17) is 9.72 Å². The third kappa shape index (κ3) is 6.50. The molecule has 0 bridgehead atoms. The van der Waals surface area contributed by atoms with Crippen LogP contribution in [-0.4, -0.2) is 22.5 Å². The highest BCUT2D eigenvalue weighted by atomic mass is 32.1. The normalized spacial score (nSPS) is 11.8. The Kier molecular flexibility index (Phi) is 7.14. The largest absolute Gasteiger partial charge is 0.460 e. The van der Waals surface area contributed by atoms with Crippen LogP contribution < -0.4 is 5.32 Å². The molecule has 6 heteroatoms. The van der Waals surface area contributed by atoms with E-state index in [0.717, 1.165) is 22.6 Å². The SMILES string of the molecule is CC(C)(C)OC(=O)CC(C)(C)C(=O)Nc1nc(-c2ccccc2)c(Cc2ccccc2)s1. The molecule has 0 aliphatic rings. The second kappa shape index (κ2) is 9.65. The smallest absolute Gasteiger partial charge is 0.307 e. The Balaban J connectivity index is 1.81. The number of thiazole rings is 1. The molecule has 1 heterocycles. The third-order valence-electron chi connectivity index (χ3n) is 4.79. The van der Waals surface area contributed by atoms with E-state index in [1.807, 2.05) is 69.3 Å². The van der Waals surface area contributed by atoms with Gasteiger partial charge in [0, 0.05) is 16.9 Å². The number of benzene rings is 2. The van der Waals surface area contributed by atoms with E-state index in [1.165, 1.54) is 16.9 Å². The highest BCUT2D eigenvalue weighted by Gasteiger charge is 2.33. The summed E-state index contributed by atoms with van der Waals surface area (Å²) in [6, 6.07) is 20.1. The Labute approximate surface area is 193 Å². The molecule has 0 radical (unpaired) electrons. The van der Waals surface area contributed by atoms with Gasteiger partial charge >= 0.3 is 5.97 Å². The molecule has 32 heavy (non-hydrogen) atoms. The van der Waals surface area contributed by atoms with Crippen LogP contribution >= 0.6 is 11.3 Å². The van der Waals surface area contributed by atoms with Gasteiger partial charge in [0.05, 0.1) is 17.5 Å². The zero-order valence-electron chi connectivity index (χ0n) is 19.3. The number of ether oxygens (including phenoxy) is 1. The van der Waals surface area contributed by atoms with Crippen LogP contribution in [0.4, 0.5) is 5.13 Å². The molecule has 0 spiro atoms. The van der Waals surface area contributed by atoms with E-state index in [0.29, 0.717) is 5.13 Å². The number of anilines is 1. The number of rotatable bonds is 7. The summed E-state index contributed by atoms with van der Waals surface area (Å²) in [4.78, 5) is 31.1. The van der Waals surface area contributed by atoms with Gasteiger partial charge in [0.2, 0.25) is 5.91 Å². The number of esters is 1. The van der Waals surface area contributed by atoms with E-state index in [-0.39, 0.29) is 12.3 Å². The molecule has 0 unspecified atom stereocenters. The standard InChI is InChI=1S/C26H30N2O3S/c1-25(2,3)31-21(29)17-26(4,5)23(30)28-24-27-22(19-14-10-7-11-15-19)20(32-24)16-18-12-8-6-9-13-18/h6-15H,16-17H2,1-5H3,(H,27,28,30). The van der Waals surface area contributed by atoms with Crippen LogP contribution in [0.25, 0.3) is 11.3 Å². The minimum Gasteiger partial charge on any atom is -0.460 e. The molecule has 1 amide bonds. The fourth-order valence-electron chi connectivity index (χ4n) is 3.21. The highest BCUT2D eigenvalue weighted by molar-refractivity contribution is 7.16. The number of nitrogens with one attached hydrogen (secondary N) is 1. The summed E-state index contributed by atoms with van der Waals surface area (Å²) in [6.45, 7) is 8.92. The van der Waals surface area contributed by atoms with Crippen molar-refractivity contribution in [3.8, 4) is 11.3 Å². The summed E-state index contributed by atoms with van der Waals surface area (Å²) in [5.41, 5.74) is 1.52. The van der Waals surface area contributed by atoms with Crippen molar-refractivity contribution >= 4 is 28.3 Å². The predicted molar refractivity (Wildman–Crippen MR) is 130 cm³/mol. The maximum atomic E-state index is 13.0. The summed E-state index contributed by atoms with van der Waals surface area (Å²) in [5, 5.41) is 3.45. The molecule has 1 N–H and O–H groups in total. The van der Waals surface area contributed by atoms with Crippen LogP contribution in [0.15, 0.2) is 60.7 Å². The summed E-state index contributed by atoms with van der Waals surface area (Å²) >= 11 is 1.46. The monoisotopic (exact) mass is 450 g/mol. The van der Waals surface area contributed by atoms with Crippen molar-refractivity contribution in [3.63, 3.8) is 0 Å². The van der Waals surface area contributed by atoms with Crippen molar-refractivity contribution in [1.82, 2.24) is 4.98 Å². The quantitative estimate of drug-likeness (QED) is 0.442. The van der Waals surface area contributed by atoms with Crippen molar-refractivity contribution in [3.05, 3.63) is 71.1 Å². The van der Waals surface area contributed by atoms with Crippen LogP contribution in [0.2, 0.25) is 0 Å². The minimum absolute atomic E-state index is 0.0100. The van der Waals surface area contributed by atoms with Gasteiger partial charge in [0.25, 0.3) is 0 Å². The van der Waals surface area contributed by atoms with Gasteiger partial charge in [-0.25, -0.2) is 4.98 Å². The molecule has 0 aliphatic heterocycles. The predicted octanol–water partition coefficient (Wildman–Crippen LogP) is 6.10.